The van der Waals surface area contributed by atoms with Crippen LogP contribution in [0.4, 0.5) is 16.2 Å². The highest BCUT2D eigenvalue weighted by Gasteiger charge is 2.36. The van der Waals surface area contributed by atoms with Crippen molar-refractivity contribution in [2.24, 2.45) is 5.92 Å². The van der Waals surface area contributed by atoms with Crippen molar-refractivity contribution < 1.29 is 37.1 Å². The summed E-state index contributed by atoms with van der Waals surface area (Å²) in [5, 5.41) is 16.5. The minimum atomic E-state index is -4.18. The number of fused-ring (bicyclic) bond motifs is 1. The molecule has 14 heteroatoms. The van der Waals surface area contributed by atoms with Crippen LogP contribution in [0.15, 0.2) is 51.9 Å². The van der Waals surface area contributed by atoms with Crippen LogP contribution in [0.3, 0.4) is 0 Å². The Morgan fingerprint density at radius 2 is 1.93 bits per heavy atom. The smallest absolute Gasteiger partial charge is 0.321 e. The van der Waals surface area contributed by atoms with Gasteiger partial charge in [-0.3, -0.25) is 9.52 Å². The molecule has 0 unspecified atom stereocenters. The molecule has 2 aromatic carbocycles. The third-order valence-electron chi connectivity index (χ3n) is 7.31. The van der Waals surface area contributed by atoms with Crippen molar-refractivity contribution in [1.82, 2.24) is 15.0 Å². The van der Waals surface area contributed by atoms with Crippen molar-refractivity contribution in [2.45, 2.75) is 44.7 Å². The number of carbonyl (C=O) groups is 2. The number of aryl methyl sites for hydroxylation is 2. The van der Waals surface area contributed by atoms with Gasteiger partial charge in [0, 0.05) is 25.2 Å². The number of nitrogens with one attached hydrogen (secondary N) is 2. The number of hydrogen-bond acceptors (Lipinski definition) is 9. The first-order chi connectivity index (χ1) is 20.4. The molecule has 0 saturated carbocycles. The Morgan fingerprint density at radius 1 is 1.23 bits per heavy atom. The zero-order chi connectivity index (χ0) is 31.5. The molecule has 1 aliphatic rings. The van der Waals surface area contributed by atoms with Crippen LogP contribution in [0.2, 0.25) is 0 Å². The van der Waals surface area contributed by atoms with Gasteiger partial charge in [-0.15, -0.1) is 0 Å². The summed E-state index contributed by atoms with van der Waals surface area (Å²) in [6, 6.07) is 10.5. The van der Waals surface area contributed by atoms with E-state index in [4.69, 9.17) is 14.0 Å². The van der Waals surface area contributed by atoms with Crippen molar-refractivity contribution in [1.29, 1.82) is 0 Å². The molecule has 232 valence electrons. The molecule has 0 saturated heterocycles. The van der Waals surface area contributed by atoms with Gasteiger partial charge < -0.3 is 34.2 Å². The van der Waals surface area contributed by atoms with Crippen molar-refractivity contribution in [3.8, 4) is 11.5 Å². The summed E-state index contributed by atoms with van der Waals surface area (Å²) in [5.74, 6) is 0.0254. The molecule has 3 N–H and O–H groups in total. The van der Waals surface area contributed by atoms with E-state index in [2.05, 4.69) is 15.2 Å². The predicted octanol–water partition coefficient (Wildman–Crippen LogP) is 3.48. The van der Waals surface area contributed by atoms with E-state index in [1.807, 2.05) is 6.92 Å². The molecule has 3 aromatic rings. The summed E-state index contributed by atoms with van der Waals surface area (Å²) in [6.45, 7) is 6.65. The van der Waals surface area contributed by atoms with Crippen LogP contribution in [-0.4, -0.2) is 86.4 Å². The van der Waals surface area contributed by atoms with E-state index in [0.717, 1.165) is 0 Å². The van der Waals surface area contributed by atoms with E-state index in [1.54, 1.807) is 51.4 Å². The molecule has 2 heterocycles. The molecule has 13 nitrogen and oxygen atoms in total. The highest BCUT2D eigenvalue weighted by Crippen LogP contribution is 2.36. The zero-order valence-corrected chi connectivity index (χ0v) is 25.8. The molecule has 3 amide bonds. The fourth-order valence-corrected chi connectivity index (χ4v) is 6.24. The fourth-order valence-electron chi connectivity index (χ4n) is 4.84. The summed E-state index contributed by atoms with van der Waals surface area (Å²) in [5.41, 5.74) is 0.896. The van der Waals surface area contributed by atoms with Gasteiger partial charge in [-0.2, -0.15) is 0 Å². The number of ether oxygens (including phenoxy) is 2. The number of urea groups is 1. The lowest BCUT2D eigenvalue weighted by Gasteiger charge is -2.38. The van der Waals surface area contributed by atoms with Gasteiger partial charge in [0.2, 0.25) is 0 Å². The number of amides is 3. The first-order valence-electron chi connectivity index (χ1n) is 13.7. The minimum Gasteiger partial charge on any atom is -0.497 e. The number of nitrogens with zero attached hydrogens (tertiary/aromatic N) is 3. The molecule has 1 aliphatic heterocycles. The van der Waals surface area contributed by atoms with Crippen LogP contribution >= 0.6 is 0 Å². The third kappa shape index (κ3) is 6.86. The first-order valence-corrected chi connectivity index (χ1v) is 15.2. The molecule has 0 spiro atoms. The number of hydrogen-bond donors (Lipinski definition) is 3. The number of aromatic nitrogens is 1. The van der Waals surface area contributed by atoms with Crippen LogP contribution in [0, 0.1) is 19.8 Å². The maximum atomic E-state index is 13.7. The average Bonchev–Trinajstić information content (AvgIpc) is 3.33. The van der Waals surface area contributed by atoms with Crippen LogP contribution in [-0.2, 0) is 10.0 Å². The molecule has 0 aliphatic carbocycles. The standard InChI is InChI=1S/C29H37N5O8S/c1-17-14-34(18(2)16-35)28(36)23-8-7-9-24(32-43(38,39)27-19(3)31-42-20(27)4)26(23)41-25(17)15-33(5)29(37)30-21-10-12-22(40-6)13-11-21/h7-13,17-18,25,32,35H,14-16H2,1-6H3,(H,30,37)/t17-,18-,25-/m1/s1. The highest BCUT2D eigenvalue weighted by molar-refractivity contribution is 7.92. The maximum absolute atomic E-state index is 13.7. The maximum Gasteiger partial charge on any atom is 0.321 e. The van der Waals surface area contributed by atoms with E-state index in [1.165, 1.54) is 35.8 Å². The molecule has 0 bridgehead atoms. The largest absolute Gasteiger partial charge is 0.497 e. The number of carbonyl (C=O) groups excluding carboxylic acids is 2. The molecule has 0 fully saturated rings. The number of para-hydroxylation sites is 1. The molecule has 43 heavy (non-hydrogen) atoms. The van der Waals surface area contributed by atoms with Gasteiger partial charge in [0.25, 0.3) is 15.9 Å². The SMILES string of the molecule is COc1ccc(NC(=O)N(C)C[C@H]2Oc3c(NS(=O)(=O)c4c(C)noc4C)cccc3C(=O)N([C@H](C)CO)C[C@H]2C)cc1. The van der Waals surface area contributed by atoms with Crippen LogP contribution in [0.5, 0.6) is 11.5 Å². The Kier molecular flexibility index (Phi) is 9.50. The third-order valence-corrected chi connectivity index (χ3v) is 8.92. The minimum absolute atomic E-state index is 0.0125. The Balaban J connectivity index is 1.68. The molecular formula is C29H37N5O8S. The number of sulfonamides is 1. The topological polar surface area (TPSA) is 164 Å². The second-order valence-electron chi connectivity index (χ2n) is 10.6. The van der Waals surface area contributed by atoms with Crippen LogP contribution in [0.1, 0.15) is 35.7 Å². The van der Waals surface area contributed by atoms with E-state index in [-0.39, 0.29) is 59.0 Å². The summed E-state index contributed by atoms with van der Waals surface area (Å²) in [7, 11) is -1.01. The zero-order valence-electron chi connectivity index (χ0n) is 24.9. The van der Waals surface area contributed by atoms with Crippen LogP contribution < -0.4 is 19.5 Å². The Hall–Kier alpha value is -4.30. The second kappa shape index (κ2) is 12.9. The number of likely N-dealkylation sites (N-methyl/N-ethyl adjacent to an activating group) is 1. The quantitative estimate of drug-likeness (QED) is 0.327. The van der Waals surface area contributed by atoms with Gasteiger partial charge in [-0.1, -0.05) is 18.1 Å². The number of aliphatic hydroxyl groups excluding tert-OH is 1. The van der Waals surface area contributed by atoms with Gasteiger partial charge in [0.05, 0.1) is 37.6 Å². The van der Waals surface area contributed by atoms with E-state index < -0.39 is 34.1 Å². The van der Waals surface area contributed by atoms with Crippen molar-refractivity contribution >= 4 is 33.3 Å². The first kappa shape index (κ1) is 31.6. The summed E-state index contributed by atoms with van der Waals surface area (Å²) < 4.78 is 46.0. The highest BCUT2D eigenvalue weighted by atomic mass is 32.2. The Labute approximate surface area is 250 Å². The van der Waals surface area contributed by atoms with E-state index >= 15 is 0 Å². The molecule has 0 radical (unpaired) electrons. The normalized spacial score (nSPS) is 17.7. The molecule has 1 aromatic heterocycles. The van der Waals surface area contributed by atoms with Gasteiger partial charge in [0.15, 0.2) is 16.4 Å². The molecule has 3 atom stereocenters. The second-order valence-corrected chi connectivity index (χ2v) is 12.2. The summed E-state index contributed by atoms with van der Waals surface area (Å²) >= 11 is 0. The lowest BCUT2D eigenvalue weighted by molar-refractivity contribution is 0.0373. The lowest BCUT2D eigenvalue weighted by atomic mass is 9.99. The number of rotatable bonds is 9. The van der Waals surface area contributed by atoms with Crippen molar-refractivity contribution in [2.75, 3.05) is 43.9 Å². The predicted molar refractivity (Wildman–Crippen MR) is 159 cm³/mol. The van der Waals surface area contributed by atoms with Crippen LogP contribution in [0.25, 0.3) is 0 Å². The van der Waals surface area contributed by atoms with E-state index in [9.17, 15) is 23.1 Å². The lowest BCUT2D eigenvalue weighted by Crippen LogP contribution is -2.50. The van der Waals surface area contributed by atoms with E-state index in [0.29, 0.717) is 11.4 Å². The Morgan fingerprint density at radius 3 is 2.53 bits per heavy atom. The Bertz CT molecular complexity index is 1550. The fraction of sp³-hybridized carbons (Fsp3) is 0.414. The van der Waals surface area contributed by atoms with Gasteiger partial charge in [0.1, 0.15) is 17.5 Å². The van der Waals surface area contributed by atoms with Gasteiger partial charge in [-0.05, 0) is 57.2 Å². The van der Waals surface area contributed by atoms with Crippen molar-refractivity contribution in [3.05, 3.63) is 59.5 Å². The van der Waals surface area contributed by atoms with Gasteiger partial charge >= 0.3 is 6.03 Å². The molecule has 4 rings (SSSR count). The monoisotopic (exact) mass is 615 g/mol. The number of methoxy groups -OCH3 is 1. The van der Waals surface area contributed by atoms with Gasteiger partial charge in [-0.25, -0.2) is 13.2 Å². The number of anilines is 2. The van der Waals surface area contributed by atoms with Crippen molar-refractivity contribution in [3.63, 3.8) is 0 Å². The number of aliphatic hydroxyl groups is 1. The summed E-state index contributed by atoms with van der Waals surface area (Å²) in [4.78, 5) is 29.7. The molecular weight excluding hydrogens is 578 g/mol. The number of benzene rings is 2. The summed E-state index contributed by atoms with van der Waals surface area (Å²) in [6.07, 6.45) is -0.670. The average molecular weight is 616 g/mol.